The van der Waals surface area contributed by atoms with Gasteiger partial charge in [-0.15, -0.1) is 0 Å². The molecule has 1 aliphatic rings. The van der Waals surface area contributed by atoms with Gasteiger partial charge in [0.1, 0.15) is 0 Å². The second-order valence-electron chi connectivity index (χ2n) is 5.79. The standard InChI is InChI=1S/C17H19BrN2O4/c1-4-23-14-6-11(8-19)5-13(18)16(14)24-17(22)12-7-15(21)20(9-12)10(2)3/h5-6,10,12H,4,7,9H2,1-3H3. The van der Waals surface area contributed by atoms with Crippen LogP contribution < -0.4 is 9.47 Å². The van der Waals surface area contributed by atoms with Crippen molar-refractivity contribution >= 4 is 27.8 Å². The van der Waals surface area contributed by atoms with Crippen molar-refractivity contribution in [2.24, 2.45) is 5.92 Å². The number of esters is 1. The van der Waals surface area contributed by atoms with Gasteiger partial charge in [-0.1, -0.05) is 0 Å². The molecule has 1 fully saturated rings. The highest BCUT2D eigenvalue weighted by Crippen LogP contribution is 2.37. The van der Waals surface area contributed by atoms with Crippen molar-refractivity contribution in [1.29, 1.82) is 5.26 Å². The van der Waals surface area contributed by atoms with Gasteiger partial charge >= 0.3 is 5.97 Å². The van der Waals surface area contributed by atoms with Gasteiger partial charge in [-0.2, -0.15) is 5.26 Å². The molecule has 6 nitrogen and oxygen atoms in total. The minimum absolute atomic E-state index is 0.0455. The normalized spacial score (nSPS) is 17.1. The molecule has 0 radical (unpaired) electrons. The SMILES string of the molecule is CCOc1cc(C#N)cc(Br)c1OC(=O)C1CC(=O)N(C(C)C)C1. The van der Waals surface area contributed by atoms with Crippen LogP contribution in [0.25, 0.3) is 0 Å². The van der Waals surface area contributed by atoms with Gasteiger partial charge in [0.2, 0.25) is 5.91 Å². The van der Waals surface area contributed by atoms with Gasteiger partial charge in [0.05, 0.1) is 28.6 Å². The molecule has 1 aromatic rings. The van der Waals surface area contributed by atoms with E-state index in [1.54, 1.807) is 17.9 Å². The zero-order chi connectivity index (χ0) is 17.9. The second-order valence-corrected chi connectivity index (χ2v) is 6.65. The van der Waals surface area contributed by atoms with Crippen LogP contribution in [0.3, 0.4) is 0 Å². The van der Waals surface area contributed by atoms with E-state index in [1.807, 2.05) is 19.9 Å². The molecule has 1 amide bonds. The van der Waals surface area contributed by atoms with Crippen LogP contribution in [-0.2, 0) is 9.59 Å². The summed E-state index contributed by atoms with van der Waals surface area (Å²) in [5.74, 6) is -0.469. The first-order valence-electron chi connectivity index (χ1n) is 7.75. The van der Waals surface area contributed by atoms with Crippen molar-refractivity contribution in [2.45, 2.75) is 33.2 Å². The summed E-state index contributed by atoms with van der Waals surface area (Å²) in [6.45, 7) is 6.35. The van der Waals surface area contributed by atoms with Gasteiger partial charge in [-0.05, 0) is 42.8 Å². The molecule has 0 bridgehead atoms. The van der Waals surface area contributed by atoms with Crippen molar-refractivity contribution < 1.29 is 19.1 Å². The van der Waals surface area contributed by atoms with E-state index in [0.717, 1.165) is 0 Å². The maximum Gasteiger partial charge on any atom is 0.316 e. The molecule has 1 aromatic carbocycles. The van der Waals surface area contributed by atoms with Crippen LogP contribution in [0.15, 0.2) is 16.6 Å². The zero-order valence-corrected chi connectivity index (χ0v) is 15.4. The largest absolute Gasteiger partial charge is 0.490 e. The molecular weight excluding hydrogens is 376 g/mol. The Kier molecular flexibility index (Phi) is 5.84. The molecule has 0 aliphatic carbocycles. The number of carbonyl (C=O) groups is 2. The van der Waals surface area contributed by atoms with E-state index in [9.17, 15) is 9.59 Å². The molecule has 0 N–H and O–H groups in total. The average molecular weight is 395 g/mol. The smallest absolute Gasteiger partial charge is 0.316 e. The summed E-state index contributed by atoms with van der Waals surface area (Å²) in [7, 11) is 0. The van der Waals surface area contributed by atoms with Gasteiger partial charge < -0.3 is 14.4 Å². The van der Waals surface area contributed by atoms with Gasteiger partial charge in [0.25, 0.3) is 0 Å². The summed E-state index contributed by atoms with van der Waals surface area (Å²) in [6, 6.07) is 5.16. The van der Waals surface area contributed by atoms with Crippen LogP contribution in [0.4, 0.5) is 0 Å². The van der Waals surface area contributed by atoms with Crippen LogP contribution in [0.5, 0.6) is 11.5 Å². The van der Waals surface area contributed by atoms with Crippen LogP contribution in [0.2, 0.25) is 0 Å². The predicted molar refractivity (Wildman–Crippen MR) is 90.6 cm³/mol. The lowest BCUT2D eigenvalue weighted by molar-refractivity contribution is -0.139. The minimum Gasteiger partial charge on any atom is -0.490 e. The third-order valence-corrected chi connectivity index (χ3v) is 4.35. The number of carbonyl (C=O) groups excluding carboxylic acids is 2. The maximum absolute atomic E-state index is 12.4. The summed E-state index contributed by atoms with van der Waals surface area (Å²) >= 11 is 3.31. The first kappa shape index (κ1) is 18.3. The highest BCUT2D eigenvalue weighted by Gasteiger charge is 2.37. The molecule has 0 spiro atoms. The fourth-order valence-corrected chi connectivity index (χ4v) is 3.09. The van der Waals surface area contributed by atoms with Crippen LogP contribution >= 0.6 is 15.9 Å². The Morgan fingerprint density at radius 3 is 2.75 bits per heavy atom. The van der Waals surface area contributed by atoms with Crippen molar-refractivity contribution in [3.63, 3.8) is 0 Å². The lowest BCUT2D eigenvalue weighted by Crippen LogP contribution is -2.33. The zero-order valence-electron chi connectivity index (χ0n) is 13.8. The van der Waals surface area contributed by atoms with E-state index in [-0.39, 0.29) is 24.1 Å². The van der Waals surface area contributed by atoms with Crippen molar-refractivity contribution in [3.05, 3.63) is 22.2 Å². The fraction of sp³-hybridized carbons (Fsp3) is 0.471. The Balaban J connectivity index is 2.20. The third kappa shape index (κ3) is 3.88. The first-order valence-corrected chi connectivity index (χ1v) is 8.54. The number of ether oxygens (including phenoxy) is 2. The Morgan fingerprint density at radius 2 is 2.21 bits per heavy atom. The summed E-state index contributed by atoms with van der Waals surface area (Å²) in [5, 5.41) is 9.03. The monoisotopic (exact) mass is 394 g/mol. The third-order valence-electron chi connectivity index (χ3n) is 3.76. The summed E-state index contributed by atoms with van der Waals surface area (Å²) in [5.41, 5.74) is 0.396. The highest BCUT2D eigenvalue weighted by atomic mass is 79.9. The Labute approximate surface area is 149 Å². The van der Waals surface area contributed by atoms with Gasteiger partial charge in [0.15, 0.2) is 11.5 Å². The second kappa shape index (κ2) is 7.67. The molecule has 1 heterocycles. The Morgan fingerprint density at radius 1 is 1.50 bits per heavy atom. The van der Waals surface area contributed by atoms with Crippen LogP contribution in [0, 0.1) is 17.2 Å². The van der Waals surface area contributed by atoms with E-state index in [2.05, 4.69) is 15.9 Å². The van der Waals surface area contributed by atoms with Crippen LogP contribution in [0.1, 0.15) is 32.8 Å². The Bertz CT molecular complexity index is 697. The number of halogens is 1. The molecule has 1 unspecified atom stereocenters. The predicted octanol–water partition coefficient (Wildman–Crippen LogP) is 2.88. The van der Waals surface area contributed by atoms with E-state index in [0.29, 0.717) is 28.9 Å². The topological polar surface area (TPSA) is 79.6 Å². The molecule has 7 heteroatoms. The maximum atomic E-state index is 12.4. The number of nitrogens with zero attached hydrogens (tertiary/aromatic N) is 2. The van der Waals surface area contributed by atoms with Crippen molar-refractivity contribution in [2.75, 3.05) is 13.2 Å². The molecular formula is C17H19BrN2O4. The summed E-state index contributed by atoms with van der Waals surface area (Å²) in [4.78, 5) is 26.1. The molecule has 1 atom stereocenters. The Hall–Kier alpha value is -2.07. The number of amides is 1. The quantitative estimate of drug-likeness (QED) is 0.566. The highest BCUT2D eigenvalue weighted by molar-refractivity contribution is 9.10. The summed E-state index contributed by atoms with van der Waals surface area (Å²) < 4.78 is 11.4. The number of hydrogen-bond donors (Lipinski definition) is 0. The van der Waals surface area contributed by atoms with Gasteiger partial charge in [0, 0.05) is 25.1 Å². The molecule has 0 aromatic heterocycles. The van der Waals surface area contributed by atoms with Crippen molar-refractivity contribution in [3.8, 4) is 17.6 Å². The molecule has 0 saturated carbocycles. The van der Waals surface area contributed by atoms with E-state index in [4.69, 9.17) is 14.7 Å². The fourth-order valence-electron chi connectivity index (χ4n) is 2.57. The number of nitriles is 1. The first-order chi connectivity index (χ1) is 11.4. The number of likely N-dealkylation sites (tertiary alicyclic amines) is 1. The number of rotatable bonds is 5. The molecule has 1 aliphatic heterocycles. The van der Waals surface area contributed by atoms with Crippen LogP contribution in [-0.4, -0.2) is 36.0 Å². The minimum atomic E-state index is -0.503. The molecule has 24 heavy (non-hydrogen) atoms. The molecule has 1 saturated heterocycles. The number of hydrogen-bond acceptors (Lipinski definition) is 5. The van der Waals surface area contributed by atoms with E-state index in [1.165, 1.54) is 6.07 Å². The van der Waals surface area contributed by atoms with E-state index < -0.39 is 11.9 Å². The van der Waals surface area contributed by atoms with Gasteiger partial charge in [-0.25, -0.2) is 0 Å². The van der Waals surface area contributed by atoms with E-state index >= 15 is 0 Å². The number of benzene rings is 1. The van der Waals surface area contributed by atoms with Gasteiger partial charge in [-0.3, -0.25) is 9.59 Å². The molecule has 2 rings (SSSR count). The summed E-state index contributed by atoms with van der Waals surface area (Å²) in [6.07, 6.45) is 0.148. The van der Waals surface area contributed by atoms with Crippen molar-refractivity contribution in [1.82, 2.24) is 4.90 Å². The molecule has 128 valence electrons. The average Bonchev–Trinajstić information content (AvgIpc) is 2.92. The lowest BCUT2D eigenvalue weighted by atomic mass is 10.1. The lowest BCUT2D eigenvalue weighted by Gasteiger charge is -2.20.